The molecule has 1 aromatic rings. The number of nitrogens with zero attached hydrogens (tertiary/aromatic N) is 2. The second-order valence-electron chi connectivity index (χ2n) is 4.89. The zero-order valence-corrected chi connectivity index (χ0v) is 12.6. The van der Waals surface area contributed by atoms with E-state index in [0.717, 1.165) is 22.4 Å². The summed E-state index contributed by atoms with van der Waals surface area (Å²) in [5, 5.41) is -0.413. The molecule has 3 rings (SSSR count). The fraction of sp³-hybridized carbons (Fsp3) is 0.357. The lowest BCUT2D eigenvalue weighted by atomic mass is 10.3. The zero-order valence-electron chi connectivity index (χ0n) is 11.8. The van der Waals surface area contributed by atoms with Crippen LogP contribution in [0.2, 0.25) is 0 Å². The highest BCUT2D eigenvalue weighted by Gasteiger charge is 2.37. The van der Waals surface area contributed by atoms with Crippen molar-refractivity contribution in [3.05, 3.63) is 28.9 Å². The van der Waals surface area contributed by atoms with Crippen molar-refractivity contribution >= 4 is 34.9 Å². The van der Waals surface area contributed by atoms with Gasteiger partial charge in [0.25, 0.3) is 11.1 Å². The van der Waals surface area contributed by atoms with Gasteiger partial charge in [-0.2, -0.15) is 0 Å². The number of aromatic nitrogens is 1. The van der Waals surface area contributed by atoms with Crippen molar-refractivity contribution in [1.82, 2.24) is 14.8 Å². The number of hydrogen-bond donors (Lipinski definition) is 1. The third-order valence-electron chi connectivity index (χ3n) is 3.44. The molecule has 2 aliphatic heterocycles. The van der Waals surface area contributed by atoms with E-state index in [4.69, 9.17) is 4.74 Å². The first kappa shape index (κ1) is 14.9. The minimum atomic E-state index is -0.425. The summed E-state index contributed by atoms with van der Waals surface area (Å²) in [7, 11) is 0. The van der Waals surface area contributed by atoms with Gasteiger partial charge in [-0.05, 0) is 30.0 Å². The van der Waals surface area contributed by atoms with E-state index in [1.165, 1.54) is 0 Å². The summed E-state index contributed by atoms with van der Waals surface area (Å²) in [5.74, 6) is -0.655. The maximum atomic E-state index is 12.3. The summed E-state index contributed by atoms with van der Waals surface area (Å²) in [4.78, 5) is 42.3. The Hall–Kier alpha value is -2.06. The van der Waals surface area contributed by atoms with Crippen LogP contribution in [0.25, 0.3) is 6.08 Å². The molecule has 0 aliphatic carbocycles. The van der Waals surface area contributed by atoms with Gasteiger partial charge in [-0.1, -0.05) is 0 Å². The lowest BCUT2D eigenvalue weighted by molar-refractivity contribution is -0.139. The van der Waals surface area contributed by atoms with E-state index in [2.05, 4.69) is 4.98 Å². The van der Waals surface area contributed by atoms with Crippen molar-refractivity contribution in [2.24, 2.45) is 0 Å². The molecule has 0 aromatic carbocycles. The molecule has 7 nitrogen and oxygen atoms in total. The monoisotopic (exact) mass is 321 g/mol. The van der Waals surface area contributed by atoms with E-state index < -0.39 is 11.1 Å². The Morgan fingerprint density at radius 2 is 2.14 bits per heavy atom. The molecule has 2 aliphatic rings. The van der Waals surface area contributed by atoms with Crippen LogP contribution in [-0.4, -0.2) is 64.7 Å². The number of hydrogen-bond acceptors (Lipinski definition) is 5. The van der Waals surface area contributed by atoms with E-state index >= 15 is 0 Å². The quantitative estimate of drug-likeness (QED) is 0.837. The van der Waals surface area contributed by atoms with Crippen molar-refractivity contribution in [2.75, 3.05) is 32.8 Å². The summed E-state index contributed by atoms with van der Waals surface area (Å²) in [6.07, 6.45) is 3.35. The molecule has 0 spiro atoms. The number of imide groups is 1. The molecule has 116 valence electrons. The van der Waals surface area contributed by atoms with Gasteiger partial charge in [0.1, 0.15) is 6.54 Å². The normalized spacial score (nSPS) is 21.0. The van der Waals surface area contributed by atoms with Gasteiger partial charge in [0.2, 0.25) is 5.91 Å². The third-order valence-corrected chi connectivity index (χ3v) is 4.35. The summed E-state index contributed by atoms with van der Waals surface area (Å²) >= 11 is 0.852. The number of ether oxygens (including phenoxy) is 1. The molecule has 3 amide bonds. The van der Waals surface area contributed by atoms with Crippen molar-refractivity contribution in [1.29, 1.82) is 0 Å². The summed E-state index contributed by atoms with van der Waals surface area (Å²) in [6.45, 7) is 1.74. The van der Waals surface area contributed by atoms with Gasteiger partial charge in [0.05, 0.1) is 18.1 Å². The molecule has 0 unspecified atom stereocenters. The number of H-pyrrole nitrogens is 1. The van der Waals surface area contributed by atoms with Crippen molar-refractivity contribution < 1.29 is 19.1 Å². The number of carbonyl (C=O) groups excluding carboxylic acids is 3. The number of thioether (sulfide) groups is 1. The van der Waals surface area contributed by atoms with Crippen LogP contribution in [0.15, 0.2) is 23.2 Å². The van der Waals surface area contributed by atoms with Gasteiger partial charge in [-0.25, -0.2) is 0 Å². The minimum absolute atomic E-state index is 0.216. The lowest BCUT2D eigenvalue weighted by Crippen LogP contribution is -2.46. The Morgan fingerprint density at radius 1 is 1.36 bits per heavy atom. The average molecular weight is 321 g/mol. The number of morpholine rings is 1. The number of carbonyl (C=O) groups is 3. The van der Waals surface area contributed by atoms with Gasteiger partial charge in [0, 0.05) is 25.0 Å². The average Bonchev–Trinajstić information content (AvgIpc) is 3.12. The predicted molar refractivity (Wildman–Crippen MR) is 80.9 cm³/mol. The standard InChI is InChI=1S/C14H15N3O4S/c18-12(16-4-6-21-7-5-16)9-17-13(19)11(22-14(17)20)8-10-2-1-3-15-10/h1-3,8,15H,4-7,9H2/b11-8-. The lowest BCUT2D eigenvalue weighted by Gasteiger charge is -2.27. The van der Waals surface area contributed by atoms with Gasteiger partial charge in [-0.3, -0.25) is 19.3 Å². The molecule has 2 fully saturated rings. The maximum absolute atomic E-state index is 12.3. The zero-order chi connectivity index (χ0) is 15.5. The highest BCUT2D eigenvalue weighted by molar-refractivity contribution is 8.18. The van der Waals surface area contributed by atoms with Crippen LogP contribution < -0.4 is 0 Å². The molecule has 1 aromatic heterocycles. The first-order valence-corrected chi connectivity index (χ1v) is 7.71. The van der Waals surface area contributed by atoms with Crippen molar-refractivity contribution in [3.8, 4) is 0 Å². The smallest absolute Gasteiger partial charge is 0.294 e. The molecular formula is C14H15N3O4S. The predicted octanol–water partition coefficient (Wildman–Crippen LogP) is 0.910. The second-order valence-corrected chi connectivity index (χ2v) is 5.88. The number of aromatic amines is 1. The molecule has 8 heteroatoms. The third kappa shape index (κ3) is 3.07. The number of amides is 3. The Balaban J connectivity index is 1.68. The molecule has 2 saturated heterocycles. The molecular weight excluding hydrogens is 306 g/mol. The fourth-order valence-electron chi connectivity index (χ4n) is 2.26. The molecule has 0 saturated carbocycles. The largest absolute Gasteiger partial charge is 0.378 e. The van der Waals surface area contributed by atoms with Crippen LogP contribution in [0.5, 0.6) is 0 Å². The summed E-state index contributed by atoms with van der Waals surface area (Å²) < 4.78 is 5.18. The van der Waals surface area contributed by atoms with Crippen LogP contribution in [0.4, 0.5) is 4.79 Å². The van der Waals surface area contributed by atoms with Crippen LogP contribution in [0.1, 0.15) is 5.69 Å². The number of rotatable bonds is 3. The highest BCUT2D eigenvalue weighted by Crippen LogP contribution is 2.31. The topological polar surface area (TPSA) is 82.7 Å². The van der Waals surface area contributed by atoms with Gasteiger partial charge in [0.15, 0.2) is 0 Å². The molecule has 0 radical (unpaired) electrons. The first-order chi connectivity index (χ1) is 10.6. The molecule has 3 heterocycles. The van der Waals surface area contributed by atoms with Crippen LogP contribution in [0, 0.1) is 0 Å². The van der Waals surface area contributed by atoms with Crippen molar-refractivity contribution in [3.63, 3.8) is 0 Å². The van der Waals surface area contributed by atoms with E-state index in [0.29, 0.717) is 31.2 Å². The summed E-state index contributed by atoms with van der Waals surface area (Å²) in [5.41, 5.74) is 0.741. The fourth-order valence-corrected chi connectivity index (χ4v) is 3.09. The summed E-state index contributed by atoms with van der Waals surface area (Å²) in [6, 6.07) is 3.60. The Morgan fingerprint density at radius 3 is 2.82 bits per heavy atom. The molecule has 1 N–H and O–H groups in total. The molecule has 0 bridgehead atoms. The van der Waals surface area contributed by atoms with Gasteiger partial charge < -0.3 is 14.6 Å². The van der Waals surface area contributed by atoms with Crippen LogP contribution in [0.3, 0.4) is 0 Å². The van der Waals surface area contributed by atoms with E-state index in [1.54, 1.807) is 29.3 Å². The van der Waals surface area contributed by atoms with Gasteiger partial charge in [-0.15, -0.1) is 0 Å². The Kier molecular flexibility index (Phi) is 4.30. The van der Waals surface area contributed by atoms with Gasteiger partial charge >= 0.3 is 0 Å². The SMILES string of the molecule is O=C(CN1C(=O)S/C(=C\c2ccc[nH]2)C1=O)N1CCOCC1. The van der Waals surface area contributed by atoms with Crippen LogP contribution >= 0.6 is 11.8 Å². The van der Waals surface area contributed by atoms with Crippen LogP contribution in [-0.2, 0) is 14.3 Å². The molecule has 22 heavy (non-hydrogen) atoms. The van der Waals surface area contributed by atoms with E-state index in [1.807, 2.05) is 0 Å². The first-order valence-electron chi connectivity index (χ1n) is 6.89. The maximum Gasteiger partial charge on any atom is 0.294 e. The minimum Gasteiger partial charge on any atom is -0.378 e. The Bertz CT molecular complexity index is 620. The highest BCUT2D eigenvalue weighted by atomic mass is 32.2. The second kappa shape index (κ2) is 6.37. The van der Waals surface area contributed by atoms with Crippen molar-refractivity contribution in [2.45, 2.75) is 0 Å². The molecule has 0 atom stereocenters. The van der Waals surface area contributed by atoms with E-state index in [-0.39, 0.29) is 12.5 Å². The Labute approximate surface area is 131 Å². The number of nitrogens with one attached hydrogen (secondary N) is 1. The van der Waals surface area contributed by atoms with E-state index in [9.17, 15) is 14.4 Å².